The first-order chi connectivity index (χ1) is 9.11. The quantitative estimate of drug-likeness (QED) is 0.883. The van der Waals surface area contributed by atoms with E-state index in [1.807, 2.05) is 24.3 Å². The summed E-state index contributed by atoms with van der Waals surface area (Å²) < 4.78 is 14.2. The highest BCUT2D eigenvalue weighted by atomic mass is 79.9. The first kappa shape index (κ1) is 14.2. The number of aryl methyl sites for hydroxylation is 1. The molecular weight excluding hydrogens is 307 g/mol. The Kier molecular flexibility index (Phi) is 4.72. The maximum atomic E-state index is 13.9. The van der Waals surface area contributed by atoms with Crippen LogP contribution in [-0.4, -0.2) is 5.11 Å². The first-order valence-corrected chi connectivity index (χ1v) is 7.11. The summed E-state index contributed by atoms with van der Waals surface area (Å²) in [6.45, 7) is 2.10. The number of aliphatic hydroxyl groups excluding tert-OH is 1. The van der Waals surface area contributed by atoms with Gasteiger partial charge in [0.05, 0.1) is 10.6 Å². The van der Waals surface area contributed by atoms with Crippen LogP contribution in [0.5, 0.6) is 0 Å². The van der Waals surface area contributed by atoms with Crippen LogP contribution in [0.25, 0.3) is 0 Å². The van der Waals surface area contributed by atoms with E-state index in [0.29, 0.717) is 16.5 Å². The van der Waals surface area contributed by atoms with Gasteiger partial charge in [0.2, 0.25) is 0 Å². The fourth-order valence-corrected chi connectivity index (χ4v) is 2.40. The maximum Gasteiger partial charge on any atom is 0.143 e. The van der Waals surface area contributed by atoms with Crippen molar-refractivity contribution in [2.45, 2.75) is 25.9 Å². The van der Waals surface area contributed by atoms with E-state index in [-0.39, 0.29) is 5.82 Å². The summed E-state index contributed by atoms with van der Waals surface area (Å²) in [5, 5.41) is 10.1. The molecule has 0 bridgehead atoms. The standard InChI is InChI=1S/C16H16BrFO/c1-2-11-6-8-12(9-7-11)10-15(19)13-4-3-5-14(17)16(13)18/h3-9,15,19H,2,10H2,1H3. The molecule has 0 aliphatic carbocycles. The Morgan fingerprint density at radius 2 is 1.74 bits per heavy atom. The van der Waals surface area contributed by atoms with Crippen molar-refractivity contribution in [2.24, 2.45) is 0 Å². The van der Waals surface area contributed by atoms with Gasteiger partial charge in [-0.1, -0.05) is 43.3 Å². The SMILES string of the molecule is CCc1ccc(CC(O)c2cccc(Br)c2F)cc1. The summed E-state index contributed by atoms with van der Waals surface area (Å²) in [4.78, 5) is 0. The fraction of sp³-hybridized carbons (Fsp3) is 0.250. The molecule has 2 aromatic rings. The van der Waals surface area contributed by atoms with Crippen molar-refractivity contribution in [2.75, 3.05) is 0 Å². The van der Waals surface area contributed by atoms with Crippen LogP contribution in [0, 0.1) is 5.82 Å². The molecule has 0 saturated carbocycles. The molecule has 19 heavy (non-hydrogen) atoms. The maximum absolute atomic E-state index is 13.9. The van der Waals surface area contributed by atoms with Crippen LogP contribution in [0.4, 0.5) is 4.39 Å². The van der Waals surface area contributed by atoms with Crippen molar-refractivity contribution in [3.8, 4) is 0 Å². The molecule has 0 amide bonds. The average Bonchev–Trinajstić information content (AvgIpc) is 2.42. The number of rotatable bonds is 4. The second-order valence-electron chi connectivity index (χ2n) is 4.53. The van der Waals surface area contributed by atoms with E-state index in [2.05, 4.69) is 22.9 Å². The minimum atomic E-state index is -0.829. The van der Waals surface area contributed by atoms with Crippen molar-refractivity contribution in [3.05, 3.63) is 69.4 Å². The zero-order chi connectivity index (χ0) is 13.8. The predicted molar refractivity (Wildman–Crippen MR) is 78.6 cm³/mol. The molecule has 100 valence electrons. The van der Waals surface area contributed by atoms with Crippen LogP contribution >= 0.6 is 15.9 Å². The van der Waals surface area contributed by atoms with E-state index in [0.717, 1.165) is 12.0 Å². The normalized spacial score (nSPS) is 12.4. The van der Waals surface area contributed by atoms with Crippen LogP contribution in [0.2, 0.25) is 0 Å². The zero-order valence-electron chi connectivity index (χ0n) is 10.7. The molecule has 0 heterocycles. The van der Waals surface area contributed by atoms with Crippen LogP contribution in [0.1, 0.15) is 29.7 Å². The minimum absolute atomic E-state index is 0.328. The summed E-state index contributed by atoms with van der Waals surface area (Å²) in [5.74, 6) is -0.389. The predicted octanol–water partition coefficient (Wildman–Crippen LogP) is 4.43. The Morgan fingerprint density at radius 3 is 2.37 bits per heavy atom. The highest BCUT2D eigenvalue weighted by Gasteiger charge is 2.15. The van der Waals surface area contributed by atoms with Gasteiger partial charge in [0, 0.05) is 12.0 Å². The van der Waals surface area contributed by atoms with E-state index in [1.165, 1.54) is 5.56 Å². The van der Waals surface area contributed by atoms with E-state index in [9.17, 15) is 9.50 Å². The molecule has 1 nitrogen and oxygen atoms in total. The van der Waals surface area contributed by atoms with E-state index in [4.69, 9.17) is 0 Å². The largest absolute Gasteiger partial charge is 0.388 e. The van der Waals surface area contributed by atoms with Crippen LogP contribution in [0.15, 0.2) is 46.9 Å². The Bertz CT molecular complexity index is 551. The Hall–Kier alpha value is -1.19. The molecule has 0 saturated heterocycles. The van der Waals surface area contributed by atoms with Crippen LogP contribution in [-0.2, 0) is 12.8 Å². The molecule has 0 aliphatic heterocycles. The van der Waals surface area contributed by atoms with Gasteiger partial charge in [0.15, 0.2) is 0 Å². The smallest absolute Gasteiger partial charge is 0.143 e. The van der Waals surface area contributed by atoms with Gasteiger partial charge in [-0.15, -0.1) is 0 Å². The second kappa shape index (κ2) is 6.31. The molecule has 0 spiro atoms. The summed E-state index contributed by atoms with van der Waals surface area (Å²) in [6, 6.07) is 13.0. The highest BCUT2D eigenvalue weighted by molar-refractivity contribution is 9.10. The Labute approximate surface area is 121 Å². The van der Waals surface area contributed by atoms with E-state index >= 15 is 0 Å². The molecule has 0 aromatic heterocycles. The lowest BCUT2D eigenvalue weighted by Gasteiger charge is -2.13. The van der Waals surface area contributed by atoms with Crippen molar-refractivity contribution in [1.82, 2.24) is 0 Å². The third kappa shape index (κ3) is 3.43. The number of halogens is 2. The van der Waals surface area contributed by atoms with Crippen molar-refractivity contribution < 1.29 is 9.50 Å². The number of hydrogen-bond donors (Lipinski definition) is 1. The summed E-state index contributed by atoms with van der Waals surface area (Å²) in [6.07, 6.45) is 0.575. The topological polar surface area (TPSA) is 20.2 Å². The van der Waals surface area contributed by atoms with Gasteiger partial charge >= 0.3 is 0 Å². The van der Waals surface area contributed by atoms with Gasteiger partial charge in [0.25, 0.3) is 0 Å². The third-order valence-electron chi connectivity index (χ3n) is 3.20. The molecule has 1 N–H and O–H groups in total. The van der Waals surface area contributed by atoms with Crippen LogP contribution in [0.3, 0.4) is 0 Å². The number of hydrogen-bond acceptors (Lipinski definition) is 1. The lowest BCUT2D eigenvalue weighted by molar-refractivity contribution is 0.173. The van der Waals surface area contributed by atoms with Gasteiger partial charge < -0.3 is 5.11 Å². The molecular formula is C16H16BrFO. The molecule has 1 unspecified atom stereocenters. The summed E-state index contributed by atoms with van der Waals surface area (Å²) in [7, 11) is 0. The second-order valence-corrected chi connectivity index (χ2v) is 5.39. The van der Waals surface area contributed by atoms with Crippen molar-refractivity contribution in [1.29, 1.82) is 0 Å². The third-order valence-corrected chi connectivity index (χ3v) is 3.81. The highest BCUT2D eigenvalue weighted by Crippen LogP contribution is 2.26. The number of benzene rings is 2. The molecule has 2 aromatic carbocycles. The molecule has 0 aliphatic rings. The van der Waals surface area contributed by atoms with E-state index < -0.39 is 6.10 Å². The van der Waals surface area contributed by atoms with Gasteiger partial charge in [-0.05, 0) is 39.5 Å². The Morgan fingerprint density at radius 1 is 1.11 bits per heavy atom. The first-order valence-electron chi connectivity index (χ1n) is 6.31. The molecule has 2 rings (SSSR count). The average molecular weight is 323 g/mol. The van der Waals surface area contributed by atoms with Crippen molar-refractivity contribution >= 4 is 15.9 Å². The van der Waals surface area contributed by atoms with Gasteiger partial charge in [0.1, 0.15) is 5.82 Å². The zero-order valence-corrected chi connectivity index (χ0v) is 12.3. The van der Waals surface area contributed by atoms with Crippen molar-refractivity contribution in [3.63, 3.8) is 0 Å². The minimum Gasteiger partial charge on any atom is -0.388 e. The summed E-state index contributed by atoms with van der Waals surface area (Å²) >= 11 is 3.13. The van der Waals surface area contributed by atoms with Gasteiger partial charge in [-0.3, -0.25) is 0 Å². The van der Waals surface area contributed by atoms with E-state index in [1.54, 1.807) is 18.2 Å². The lowest BCUT2D eigenvalue weighted by Crippen LogP contribution is -2.04. The van der Waals surface area contributed by atoms with Crippen LogP contribution < -0.4 is 0 Å². The summed E-state index contributed by atoms with van der Waals surface area (Å²) in [5.41, 5.74) is 2.59. The number of aliphatic hydroxyl groups is 1. The lowest BCUT2D eigenvalue weighted by atomic mass is 10.00. The molecule has 0 radical (unpaired) electrons. The fourth-order valence-electron chi connectivity index (χ4n) is 2.02. The monoisotopic (exact) mass is 322 g/mol. The molecule has 1 atom stereocenters. The van der Waals surface area contributed by atoms with Gasteiger partial charge in [-0.25, -0.2) is 4.39 Å². The molecule has 3 heteroatoms. The van der Waals surface area contributed by atoms with Gasteiger partial charge in [-0.2, -0.15) is 0 Å². The Balaban J connectivity index is 2.15. The molecule has 0 fully saturated rings.